The largest absolute Gasteiger partial charge is 0.381 e. The van der Waals surface area contributed by atoms with E-state index in [0.717, 1.165) is 25.2 Å². The standard InChI is InChI=1S/C14H19N3O2/c18-14(11-5-8-19-10-11)16-13-4-3-12(9-15-13)17-6-1-2-7-17/h3-4,9,11H,1-2,5-8,10H2,(H,15,16,18). The maximum Gasteiger partial charge on any atom is 0.231 e. The van der Waals surface area contributed by atoms with Crippen molar-refractivity contribution in [2.45, 2.75) is 19.3 Å². The zero-order valence-corrected chi connectivity index (χ0v) is 11.0. The van der Waals surface area contributed by atoms with Crippen molar-refractivity contribution >= 4 is 17.4 Å². The minimum absolute atomic E-state index is 0.0129. The van der Waals surface area contributed by atoms with Crippen LogP contribution in [0.3, 0.4) is 0 Å². The molecule has 0 bridgehead atoms. The fraction of sp³-hybridized carbons (Fsp3) is 0.571. The Hall–Kier alpha value is -1.62. The first-order chi connectivity index (χ1) is 9.33. The quantitative estimate of drug-likeness (QED) is 0.899. The molecule has 1 amide bonds. The molecule has 102 valence electrons. The fourth-order valence-corrected chi connectivity index (χ4v) is 2.59. The molecule has 0 aromatic carbocycles. The Morgan fingerprint density at radius 1 is 1.37 bits per heavy atom. The first-order valence-corrected chi connectivity index (χ1v) is 6.92. The Bertz CT molecular complexity index is 435. The second kappa shape index (κ2) is 5.57. The number of anilines is 2. The Morgan fingerprint density at radius 3 is 2.84 bits per heavy atom. The molecule has 3 heterocycles. The van der Waals surface area contributed by atoms with Crippen molar-refractivity contribution in [2.24, 2.45) is 5.92 Å². The average Bonchev–Trinajstić information content (AvgIpc) is 3.13. The first-order valence-electron chi connectivity index (χ1n) is 6.92. The number of pyridine rings is 1. The molecule has 2 fully saturated rings. The zero-order chi connectivity index (χ0) is 13.1. The summed E-state index contributed by atoms with van der Waals surface area (Å²) >= 11 is 0. The molecule has 5 nitrogen and oxygen atoms in total. The lowest BCUT2D eigenvalue weighted by Crippen LogP contribution is -2.23. The summed E-state index contributed by atoms with van der Waals surface area (Å²) in [6.45, 7) is 3.41. The van der Waals surface area contributed by atoms with Gasteiger partial charge in [-0.05, 0) is 31.4 Å². The van der Waals surface area contributed by atoms with E-state index in [1.54, 1.807) is 0 Å². The molecule has 1 atom stereocenters. The molecule has 5 heteroatoms. The minimum Gasteiger partial charge on any atom is -0.381 e. The third-order valence-corrected chi connectivity index (χ3v) is 3.77. The highest BCUT2D eigenvalue weighted by Gasteiger charge is 2.23. The Labute approximate surface area is 113 Å². The number of amides is 1. The van der Waals surface area contributed by atoms with Crippen LogP contribution >= 0.6 is 0 Å². The molecule has 2 aliphatic heterocycles. The normalized spacial score (nSPS) is 22.7. The third kappa shape index (κ3) is 2.87. The van der Waals surface area contributed by atoms with Gasteiger partial charge in [0, 0.05) is 19.7 Å². The predicted octanol–water partition coefficient (Wildman–Crippen LogP) is 1.66. The van der Waals surface area contributed by atoms with Gasteiger partial charge in [-0.1, -0.05) is 0 Å². The van der Waals surface area contributed by atoms with Crippen LogP contribution in [0.4, 0.5) is 11.5 Å². The van der Waals surface area contributed by atoms with Crippen molar-refractivity contribution in [2.75, 3.05) is 36.5 Å². The number of carbonyl (C=O) groups excluding carboxylic acids is 1. The molecule has 1 N–H and O–H groups in total. The first kappa shape index (κ1) is 12.4. The smallest absolute Gasteiger partial charge is 0.231 e. The summed E-state index contributed by atoms with van der Waals surface area (Å²) in [6.07, 6.45) is 5.14. The molecule has 1 aromatic rings. The van der Waals surface area contributed by atoms with Crippen LogP contribution < -0.4 is 10.2 Å². The SMILES string of the molecule is O=C(Nc1ccc(N2CCCC2)cn1)C1CCOC1. The second-order valence-corrected chi connectivity index (χ2v) is 5.15. The molecule has 2 aliphatic rings. The Balaban J connectivity index is 1.60. The number of nitrogens with zero attached hydrogens (tertiary/aromatic N) is 2. The van der Waals surface area contributed by atoms with E-state index in [-0.39, 0.29) is 11.8 Å². The molecule has 1 unspecified atom stereocenters. The van der Waals surface area contributed by atoms with Gasteiger partial charge in [0.25, 0.3) is 0 Å². The monoisotopic (exact) mass is 261 g/mol. The van der Waals surface area contributed by atoms with E-state index < -0.39 is 0 Å². The fourth-order valence-electron chi connectivity index (χ4n) is 2.59. The van der Waals surface area contributed by atoms with Crippen LogP contribution in [-0.2, 0) is 9.53 Å². The molecule has 2 saturated heterocycles. The summed E-state index contributed by atoms with van der Waals surface area (Å²) in [5, 5.41) is 2.85. The summed E-state index contributed by atoms with van der Waals surface area (Å²) in [5.74, 6) is 0.610. The van der Waals surface area contributed by atoms with E-state index in [0.29, 0.717) is 19.0 Å². The number of nitrogens with one attached hydrogen (secondary N) is 1. The minimum atomic E-state index is -0.0277. The average molecular weight is 261 g/mol. The van der Waals surface area contributed by atoms with Gasteiger partial charge in [0.15, 0.2) is 0 Å². The highest BCUT2D eigenvalue weighted by molar-refractivity contribution is 5.92. The van der Waals surface area contributed by atoms with E-state index in [1.807, 2.05) is 18.3 Å². The molecular formula is C14H19N3O2. The Morgan fingerprint density at radius 2 is 2.21 bits per heavy atom. The summed E-state index contributed by atoms with van der Waals surface area (Å²) in [6, 6.07) is 3.90. The molecular weight excluding hydrogens is 242 g/mol. The number of carbonyl (C=O) groups is 1. The van der Waals surface area contributed by atoms with Crippen LogP contribution in [-0.4, -0.2) is 37.2 Å². The maximum absolute atomic E-state index is 11.9. The third-order valence-electron chi connectivity index (χ3n) is 3.77. The van der Waals surface area contributed by atoms with Gasteiger partial charge in [-0.2, -0.15) is 0 Å². The second-order valence-electron chi connectivity index (χ2n) is 5.15. The van der Waals surface area contributed by atoms with Gasteiger partial charge in [0.1, 0.15) is 5.82 Å². The van der Waals surface area contributed by atoms with Crippen LogP contribution in [0.2, 0.25) is 0 Å². The van der Waals surface area contributed by atoms with E-state index in [9.17, 15) is 4.79 Å². The molecule has 0 saturated carbocycles. The van der Waals surface area contributed by atoms with Crippen molar-refractivity contribution in [1.82, 2.24) is 4.98 Å². The van der Waals surface area contributed by atoms with Crippen LogP contribution in [0.5, 0.6) is 0 Å². The number of hydrogen-bond acceptors (Lipinski definition) is 4. The van der Waals surface area contributed by atoms with Crippen LogP contribution in [0.25, 0.3) is 0 Å². The van der Waals surface area contributed by atoms with E-state index in [1.165, 1.54) is 12.8 Å². The maximum atomic E-state index is 11.9. The lowest BCUT2D eigenvalue weighted by atomic mass is 10.1. The zero-order valence-electron chi connectivity index (χ0n) is 11.0. The van der Waals surface area contributed by atoms with Crippen molar-refractivity contribution in [1.29, 1.82) is 0 Å². The molecule has 19 heavy (non-hydrogen) atoms. The van der Waals surface area contributed by atoms with Gasteiger partial charge in [0.2, 0.25) is 5.91 Å². The number of ether oxygens (including phenoxy) is 1. The number of aromatic nitrogens is 1. The van der Waals surface area contributed by atoms with Gasteiger partial charge in [-0.3, -0.25) is 4.79 Å². The topological polar surface area (TPSA) is 54.5 Å². The predicted molar refractivity (Wildman–Crippen MR) is 73.2 cm³/mol. The number of rotatable bonds is 3. The summed E-state index contributed by atoms with van der Waals surface area (Å²) < 4.78 is 5.21. The van der Waals surface area contributed by atoms with Crippen LogP contribution in [0, 0.1) is 5.92 Å². The van der Waals surface area contributed by atoms with Gasteiger partial charge in [0.05, 0.1) is 24.4 Å². The van der Waals surface area contributed by atoms with E-state index in [2.05, 4.69) is 15.2 Å². The van der Waals surface area contributed by atoms with Crippen molar-refractivity contribution in [3.8, 4) is 0 Å². The van der Waals surface area contributed by atoms with Crippen molar-refractivity contribution < 1.29 is 9.53 Å². The molecule has 0 aliphatic carbocycles. The molecule has 0 radical (unpaired) electrons. The van der Waals surface area contributed by atoms with Crippen LogP contribution in [0.1, 0.15) is 19.3 Å². The molecule has 3 rings (SSSR count). The van der Waals surface area contributed by atoms with E-state index >= 15 is 0 Å². The van der Waals surface area contributed by atoms with Crippen LogP contribution in [0.15, 0.2) is 18.3 Å². The molecule has 0 spiro atoms. The van der Waals surface area contributed by atoms with Gasteiger partial charge in [-0.25, -0.2) is 4.98 Å². The van der Waals surface area contributed by atoms with Gasteiger partial charge < -0.3 is 15.0 Å². The van der Waals surface area contributed by atoms with E-state index in [4.69, 9.17) is 4.74 Å². The van der Waals surface area contributed by atoms with Crippen molar-refractivity contribution in [3.05, 3.63) is 18.3 Å². The van der Waals surface area contributed by atoms with Crippen molar-refractivity contribution in [3.63, 3.8) is 0 Å². The number of hydrogen-bond donors (Lipinski definition) is 1. The lowest BCUT2D eigenvalue weighted by molar-refractivity contribution is -0.119. The Kier molecular flexibility index (Phi) is 3.64. The summed E-state index contributed by atoms with van der Waals surface area (Å²) in [7, 11) is 0. The lowest BCUT2D eigenvalue weighted by Gasteiger charge is -2.17. The highest BCUT2D eigenvalue weighted by Crippen LogP contribution is 2.21. The summed E-state index contributed by atoms with van der Waals surface area (Å²) in [4.78, 5) is 18.6. The van der Waals surface area contributed by atoms with Gasteiger partial charge >= 0.3 is 0 Å². The van der Waals surface area contributed by atoms with Gasteiger partial charge in [-0.15, -0.1) is 0 Å². The highest BCUT2D eigenvalue weighted by atomic mass is 16.5. The molecule has 1 aromatic heterocycles. The summed E-state index contributed by atoms with van der Waals surface area (Å²) in [5.41, 5.74) is 1.14.